The van der Waals surface area contributed by atoms with Gasteiger partial charge >= 0.3 is 0 Å². The molecule has 1 aromatic carbocycles. The fraction of sp³-hybridized carbons (Fsp3) is 0.560. The van der Waals surface area contributed by atoms with Gasteiger partial charge in [-0.2, -0.15) is 5.10 Å². The van der Waals surface area contributed by atoms with E-state index in [1.54, 1.807) is 6.07 Å². The highest BCUT2D eigenvalue weighted by Crippen LogP contribution is 2.36. The lowest BCUT2D eigenvalue weighted by molar-refractivity contribution is -0.119. The van der Waals surface area contributed by atoms with Crippen LogP contribution in [0.25, 0.3) is 0 Å². The number of hydrogen-bond donors (Lipinski definition) is 0. The molecule has 0 atom stereocenters. The predicted octanol–water partition coefficient (Wildman–Crippen LogP) is 2.96. The molecule has 3 heterocycles. The molecule has 32 heavy (non-hydrogen) atoms. The molecule has 0 bridgehead atoms. The second-order valence-corrected chi connectivity index (χ2v) is 9.38. The van der Waals surface area contributed by atoms with Gasteiger partial charge in [0.2, 0.25) is 5.91 Å². The van der Waals surface area contributed by atoms with E-state index in [-0.39, 0.29) is 18.0 Å². The molecule has 0 unspecified atom stereocenters. The van der Waals surface area contributed by atoms with E-state index in [1.165, 1.54) is 28.8 Å². The van der Waals surface area contributed by atoms with E-state index in [4.69, 9.17) is 4.74 Å². The molecule has 170 valence electrons. The second-order valence-electron chi connectivity index (χ2n) is 9.38. The van der Waals surface area contributed by atoms with E-state index in [9.17, 15) is 9.59 Å². The maximum atomic E-state index is 13.2. The lowest BCUT2D eigenvalue weighted by atomic mass is 9.81. The molecule has 1 amide bonds. The third-order valence-electron chi connectivity index (χ3n) is 7.26. The van der Waals surface area contributed by atoms with Crippen molar-refractivity contribution in [3.05, 3.63) is 51.9 Å². The van der Waals surface area contributed by atoms with Gasteiger partial charge in [0, 0.05) is 48.6 Å². The van der Waals surface area contributed by atoms with Crippen LogP contribution in [0, 0.1) is 5.92 Å². The van der Waals surface area contributed by atoms with Crippen molar-refractivity contribution in [2.24, 2.45) is 5.92 Å². The third-order valence-corrected chi connectivity index (χ3v) is 7.26. The van der Waals surface area contributed by atoms with Crippen molar-refractivity contribution in [2.45, 2.75) is 51.5 Å². The molecule has 7 heteroatoms. The third kappa shape index (κ3) is 4.18. The molecule has 1 aromatic heterocycles. The number of benzene rings is 1. The average Bonchev–Trinajstić information content (AvgIpc) is 3.26. The minimum absolute atomic E-state index is 0.0168. The molecular weight excluding hydrogens is 404 g/mol. The Labute approximate surface area is 189 Å². The zero-order chi connectivity index (χ0) is 22.1. The number of ether oxygens (including phenoxy) is 1. The van der Waals surface area contributed by atoms with Gasteiger partial charge in [0.15, 0.2) is 0 Å². The van der Waals surface area contributed by atoms with Crippen molar-refractivity contribution in [3.8, 4) is 0 Å². The molecule has 2 aromatic rings. The SMILES string of the molecule is C[C@H]1CC[C@@H](c2ccc(=O)n(CC(=O)N3CCc4c(N5CCOCC5)cccc43)n2)CC1. The number of anilines is 2. The number of aromatic nitrogens is 2. The Morgan fingerprint density at radius 1 is 1.03 bits per heavy atom. The summed E-state index contributed by atoms with van der Waals surface area (Å²) in [6, 6.07) is 9.59. The first-order chi connectivity index (χ1) is 15.6. The molecular formula is C25H32N4O3. The van der Waals surface area contributed by atoms with Crippen molar-refractivity contribution in [2.75, 3.05) is 42.6 Å². The molecule has 1 saturated carbocycles. The lowest BCUT2D eigenvalue weighted by Crippen LogP contribution is -2.37. The maximum Gasteiger partial charge on any atom is 0.267 e. The molecule has 2 aliphatic heterocycles. The summed E-state index contributed by atoms with van der Waals surface area (Å²) in [6.07, 6.45) is 5.42. The number of carbonyl (C=O) groups is 1. The first-order valence-electron chi connectivity index (χ1n) is 11.9. The number of carbonyl (C=O) groups excluding carboxylic acids is 1. The van der Waals surface area contributed by atoms with Crippen LogP contribution in [0.4, 0.5) is 11.4 Å². The van der Waals surface area contributed by atoms with Crippen LogP contribution < -0.4 is 15.4 Å². The highest BCUT2D eigenvalue weighted by molar-refractivity contribution is 5.96. The summed E-state index contributed by atoms with van der Waals surface area (Å²) >= 11 is 0. The lowest BCUT2D eigenvalue weighted by Gasteiger charge is -2.30. The highest BCUT2D eigenvalue weighted by atomic mass is 16.5. The van der Waals surface area contributed by atoms with Crippen LogP contribution >= 0.6 is 0 Å². The van der Waals surface area contributed by atoms with E-state index in [2.05, 4.69) is 23.0 Å². The fourth-order valence-corrected chi connectivity index (χ4v) is 5.34. The van der Waals surface area contributed by atoms with Gasteiger partial charge < -0.3 is 14.5 Å². The molecule has 1 aliphatic carbocycles. The number of morpholine rings is 1. The summed E-state index contributed by atoms with van der Waals surface area (Å²) in [5, 5.41) is 4.61. The van der Waals surface area contributed by atoms with Crippen LogP contribution in [0.1, 0.15) is 49.8 Å². The Bertz CT molecular complexity index is 1040. The van der Waals surface area contributed by atoms with Gasteiger partial charge in [-0.25, -0.2) is 4.68 Å². The van der Waals surface area contributed by atoms with Crippen LogP contribution in [0.15, 0.2) is 35.1 Å². The summed E-state index contributed by atoms with van der Waals surface area (Å²) in [4.78, 5) is 29.9. The van der Waals surface area contributed by atoms with Gasteiger partial charge in [-0.15, -0.1) is 0 Å². The van der Waals surface area contributed by atoms with Crippen molar-refractivity contribution in [1.29, 1.82) is 0 Å². The topological polar surface area (TPSA) is 67.7 Å². The Balaban J connectivity index is 1.34. The molecule has 5 rings (SSSR count). The number of fused-ring (bicyclic) bond motifs is 1. The molecule has 0 spiro atoms. The van der Waals surface area contributed by atoms with Crippen molar-refractivity contribution in [1.82, 2.24) is 9.78 Å². The first kappa shape index (κ1) is 21.2. The van der Waals surface area contributed by atoms with Crippen LogP contribution in [-0.4, -0.2) is 48.5 Å². The van der Waals surface area contributed by atoms with E-state index >= 15 is 0 Å². The Morgan fingerprint density at radius 2 is 1.78 bits per heavy atom. The number of rotatable bonds is 4. The Hall–Kier alpha value is -2.67. The standard InChI is InChI=1S/C25H32N4O3/c1-18-5-7-19(8-6-18)21-9-10-24(30)29(26-21)17-25(31)28-12-11-20-22(3-2-4-23(20)28)27-13-15-32-16-14-27/h2-4,9-10,18-19H,5-8,11-17H2,1H3/t18-,19+. The summed E-state index contributed by atoms with van der Waals surface area (Å²) in [5.74, 6) is 1.07. The molecule has 2 fully saturated rings. The minimum atomic E-state index is -0.215. The van der Waals surface area contributed by atoms with Crippen LogP contribution in [0.3, 0.4) is 0 Å². The van der Waals surface area contributed by atoms with Gasteiger partial charge in [-0.1, -0.05) is 25.8 Å². The summed E-state index contributed by atoms with van der Waals surface area (Å²) in [6.45, 7) is 6.13. The van der Waals surface area contributed by atoms with E-state index in [0.717, 1.165) is 62.9 Å². The molecule has 1 saturated heterocycles. The van der Waals surface area contributed by atoms with Crippen molar-refractivity contribution < 1.29 is 9.53 Å². The van der Waals surface area contributed by atoms with Gasteiger partial charge in [0.25, 0.3) is 5.56 Å². The molecule has 0 N–H and O–H groups in total. The van der Waals surface area contributed by atoms with Crippen molar-refractivity contribution in [3.63, 3.8) is 0 Å². The average molecular weight is 437 g/mol. The fourth-order valence-electron chi connectivity index (χ4n) is 5.34. The first-order valence-corrected chi connectivity index (χ1v) is 11.9. The predicted molar refractivity (Wildman–Crippen MR) is 124 cm³/mol. The van der Waals surface area contributed by atoms with E-state index < -0.39 is 0 Å². The van der Waals surface area contributed by atoms with E-state index in [0.29, 0.717) is 12.5 Å². The Kier molecular flexibility index (Phi) is 6.00. The summed E-state index contributed by atoms with van der Waals surface area (Å²) in [7, 11) is 0. The number of hydrogen-bond acceptors (Lipinski definition) is 5. The zero-order valence-electron chi connectivity index (χ0n) is 18.8. The van der Waals surface area contributed by atoms with Crippen LogP contribution in [0.5, 0.6) is 0 Å². The van der Waals surface area contributed by atoms with Gasteiger partial charge in [0.05, 0.1) is 18.9 Å². The highest BCUT2D eigenvalue weighted by Gasteiger charge is 2.29. The van der Waals surface area contributed by atoms with Gasteiger partial charge in [0.1, 0.15) is 6.54 Å². The Morgan fingerprint density at radius 3 is 2.56 bits per heavy atom. The van der Waals surface area contributed by atoms with Crippen LogP contribution in [0.2, 0.25) is 0 Å². The summed E-state index contributed by atoms with van der Waals surface area (Å²) in [5.41, 5.74) is 4.11. The largest absolute Gasteiger partial charge is 0.378 e. The van der Waals surface area contributed by atoms with Gasteiger partial charge in [-0.05, 0) is 43.4 Å². The quantitative estimate of drug-likeness (QED) is 0.737. The molecule has 0 radical (unpaired) electrons. The molecule has 3 aliphatic rings. The number of nitrogens with zero attached hydrogens (tertiary/aromatic N) is 4. The zero-order valence-corrected chi connectivity index (χ0v) is 18.8. The van der Waals surface area contributed by atoms with Crippen LogP contribution in [-0.2, 0) is 22.5 Å². The van der Waals surface area contributed by atoms with Gasteiger partial charge in [-0.3, -0.25) is 9.59 Å². The smallest absolute Gasteiger partial charge is 0.267 e. The van der Waals surface area contributed by atoms with Crippen molar-refractivity contribution >= 4 is 17.3 Å². The molecule has 7 nitrogen and oxygen atoms in total. The normalized spacial score (nSPS) is 23.3. The number of amides is 1. The maximum absolute atomic E-state index is 13.2. The second kappa shape index (κ2) is 9.06. The minimum Gasteiger partial charge on any atom is -0.378 e. The summed E-state index contributed by atoms with van der Waals surface area (Å²) < 4.78 is 6.85. The monoisotopic (exact) mass is 436 g/mol. The van der Waals surface area contributed by atoms with E-state index in [1.807, 2.05) is 23.1 Å².